The van der Waals surface area contributed by atoms with E-state index in [0.717, 1.165) is 53.7 Å². The Labute approximate surface area is 412 Å². The van der Waals surface area contributed by atoms with Crippen LogP contribution in [0.1, 0.15) is 87.7 Å². The molecule has 0 spiro atoms. The number of aryl methyl sites for hydroxylation is 1. The van der Waals surface area contributed by atoms with Crippen LogP contribution in [0, 0.1) is 5.92 Å². The van der Waals surface area contributed by atoms with Gasteiger partial charge in [0, 0.05) is 68.7 Å². The van der Waals surface area contributed by atoms with Crippen LogP contribution in [0.4, 0.5) is 21.0 Å². The molecular weight excluding hydrogens is 912 g/mol. The third-order valence-corrected chi connectivity index (χ3v) is 18.8. The highest BCUT2D eigenvalue weighted by Gasteiger charge is 2.40. The summed E-state index contributed by atoms with van der Waals surface area (Å²) in [5, 5.41) is 16.7. The number of nitrogens with one attached hydrogen (secondary N) is 2. The lowest BCUT2D eigenvalue weighted by molar-refractivity contribution is -0.130. The summed E-state index contributed by atoms with van der Waals surface area (Å²) in [6.45, 7) is 14.4. The average molecular weight is 980 g/mol. The fourth-order valence-corrected chi connectivity index (χ4v) is 10.6. The molecule has 2 saturated heterocycles. The van der Waals surface area contributed by atoms with E-state index in [9.17, 15) is 24.3 Å². The smallest absolute Gasteiger partial charge is 0.411 e. The molecule has 1 aliphatic carbocycles. The molecule has 3 N–H and O–H groups in total. The van der Waals surface area contributed by atoms with E-state index >= 15 is 0 Å². The maximum Gasteiger partial charge on any atom is 0.411 e. The lowest BCUT2D eigenvalue weighted by atomic mass is 9.88. The van der Waals surface area contributed by atoms with Gasteiger partial charge in [0.05, 0.1) is 36.2 Å². The summed E-state index contributed by atoms with van der Waals surface area (Å²) in [6.07, 6.45) is 6.47. The molecule has 0 unspecified atom stereocenters. The summed E-state index contributed by atoms with van der Waals surface area (Å²) in [4.78, 5) is 55.5. The van der Waals surface area contributed by atoms with Crippen LogP contribution in [0.5, 0.6) is 11.5 Å². The van der Waals surface area contributed by atoms with Crippen molar-refractivity contribution in [1.29, 1.82) is 0 Å². The molecule has 0 bridgehead atoms. The van der Waals surface area contributed by atoms with Crippen LogP contribution in [0.25, 0.3) is 17.2 Å². The maximum atomic E-state index is 13.2. The monoisotopic (exact) mass is 978 g/mol. The van der Waals surface area contributed by atoms with Gasteiger partial charge in [0.25, 0.3) is 0 Å². The number of ketones is 1. The summed E-state index contributed by atoms with van der Waals surface area (Å²) in [5.41, 5.74) is 6.31. The van der Waals surface area contributed by atoms with Crippen molar-refractivity contribution in [3.8, 4) is 22.6 Å². The summed E-state index contributed by atoms with van der Waals surface area (Å²) < 4.78 is 24.2. The number of halogens is 1. The summed E-state index contributed by atoms with van der Waals surface area (Å²) in [6, 6.07) is 24.6. The molecule has 368 valence electrons. The number of methoxy groups -OCH3 is 1. The van der Waals surface area contributed by atoms with Crippen LogP contribution in [-0.4, -0.2) is 99.6 Å². The Morgan fingerprint density at radius 1 is 0.899 bits per heavy atom. The first-order valence-corrected chi connectivity index (χ1v) is 27.4. The number of aromatic hydroxyl groups is 1. The van der Waals surface area contributed by atoms with E-state index in [4.69, 9.17) is 30.2 Å². The molecule has 2 fully saturated rings. The van der Waals surface area contributed by atoms with E-state index in [1.54, 1.807) is 37.5 Å². The number of hydrogen-bond donors (Lipinski definition) is 3. The highest BCUT2D eigenvalue weighted by Crippen LogP contribution is 2.44. The highest BCUT2D eigenvalue weighted by atomic mass is 35.5. The molecule has 13 nitrogen and oxygen atoms in total. The normalized spacial score (nSPS) is 17.0. The standard InChI is InChI=1S/C54H67ClN4O9Si/c1-54(2,3)69(5,6)68-49(43-21-22-48(61)44-32-39(60)19-20-42(43)44)18-12-15-38-31-45(55)47(33-50(38)65-4)57-52(63)66-35-36-23-30-59(34-36)51(62)26-29-58-27-24-40(25-28-58)67-53(64)56-46-17-11-10-16-41(46)37-13-8-7-9-14-37/h7-11,13-14,16-17,19-22,31,33,36,40,49,61H,12,15,18,23-30,32,34-35H2,1-6H3,(H,56,64)(H,57,63)/t36-,49-/m0/s1. The molecular formula is C54H67ClN4O9Si. The van der Waals surface area contributed by atoms with Gasteiger partial charge in [-0.25, -0.2) is 9.59 Å². The lowest BCUT2D eigenvalue weighted by Crippen LogP contribution is -2.42. The third kappa shape index (κ3) is 13.4. The topological polar surface area (TPSA) is 156 Å². The van der Waals surface area contributed by atoms with E-state index in [2.05, 4.69) is 49.4 Å². The Morgan fingerprint density at radius 3 is 2.36 bits per heavy atom. The number of rotatable bonds is 17. The zero-order valence-electron chi connectivity index (χ0n) is 40.8. The molecule has 0 radical (unpaired) electrons. The fraction of sp³-hybridized carbons (Fsp3) is 0.444. The van der Waals surface area contributed by atoms with Crippen molar-refractivity contribution in [3.05, 3.63) is 112 Å². The summed E-state index contributed by atoms with van der Waals surface area (Å²) in [5.74, 6) is 0.731. The Bertz CT molecular complexity index is 2500. The molecule has 69 heavy (non-hydrogen) atoms. The first-order valence-electron chi connectivity index (χ1n) is 24.1. The van der Waals surface area contributed by atoms with Crippen molar-refractivity contribution >= 4 is 61.2 Å². The fourth-order valence-electron chi connectivity index (χ4n) is 9.06. The van der Waals surface area contributed by atoms with Gasteiger partial charge < -0.3 is 33.5 Å². The Morgan fingerprint density at radius 2 is 1.62 bits per heavy atom. The van der Waals surface area contributed by atoms with Crippen molar-refractivity contribution in [1.82, 2.24) is 9.80 Å². The van der Waals surface area contributed by atoms with Gasteiger partial charge in [-0.15, -0.1) is 0 Å². The first-order chi connectivity index (χ1) is 33.0. The van der Waals surface area contributed by atoms with Crippen LogP contribution >= 0.6 is 11.6 Å². The second kappa shape index (κ2) is 22.8. The van der Waals surface area contributed by atoms with Gasteiger partial charge in [-0.3, -0.25) is 20.2 Å². The second-order valence-corrected chi connectivity index (χ2v) is 25.1. The molecule has 7 rings (SSSR count). The van der Waals surface area contributed by atoms with Crippen molar-refractivity contribution in [2.24, 2.45) is 5.92 Å². The van der Waals surface area contributed by atoms with E-state index in [1.165, 1.54) is 0 Å². The van der Waals surface area contributed by atoms with Gasteiger partial charge in [-0.05, 0) is 103 Å². The number of anilines is 2. The number of ether oxygens (including phenoxy) is 3. The predicted octanol–water partition coefficient (Wildman–Crippen LogP) is 11.4. The lowest BCUT2D eigenvalue weighted by Gasteiger charge is -2.40. The number of phenols is 1. The number of likely N-dealkylation sites (tertiary alicyclic amines) is 2. The van der Waals surface area contributed by atoms with Crippen molar-refractivity contribution in [2.75, 3.05) is 57.1 Å². The minimum absolute atomic E-state index is 0.0146. The second-order valence-electron chi connectivity index (χ2n) is 19.9. The molecule has 4 aromatic rings. The maximum absolute atomic E-state index is 13.2. The Kier molecular flexibility index (Phi) is 16.9. The number of carbonyl (C=O) groups is 4. The van der Waals surface area contributed by atoms with Crippen molar-refractivity contribution in [3.63, 3.8) is 0 Å². The molecule has 2 heterocycles. The molecule has 2 aliphatic heterocycles. The number of hydrogen-bond acceptors (Lipinski definition) is 10. The third-order valence-electron chi connectivity index (χ3n) is 14.0. The van der Waals surface area contributed by atoms with Crippen LogP contribution in [0.3, 0.4) is 0 Å². The molecule has 15 heteroatoms. The average Bonchev–Trinajstić information content (AvgIpc) is 3.81. The van der Waals surface area contributed by atoms with Crippen LogP contribution in [0.15, 0.2) is 84.9 Å². The molecule has 4 aromatic carbocycles. The zero-order valence-corrected chi connectivity index (χ0v) is 42.5. The van der Waals surface area contributed by atoms with Crippen LogP contribution in [-0.2, 0) is 36.3 Å². The number of phenolic OH excluding ortho intramolecular Hbond substituents is 1. The first kappa shape index (κ1) is 51.2. The van der Waals surface area contributed by atoms with E-state index in [-0.39, 0.29) is 53.6 Å². The van der Waals surface area contributed by atoms with E-state index in [1.807, 2.05) is 65.6 Å². The quantitative estimate of drug-likeness (QED) is 0.0871. The number of piperidine rings is 1. The van der Waals surface area contributed by atoms with Crippen molar-refractivity contribution in [2.45, 2.75) is 102 Å². The van der Waals surface area contributed by atoms with Gasteiger partial charge in [-0.2, -0.15) is 0 Å². The largest absolute Gasteiger partial charge is 0.508 e. The Balaban J connectivity index is 0.835. The molecule has 2 atom stereocenters. The van der Waals surface area contributed by atoms with Crippen LogP contribution < -0.4 is 15.4 Å². The van der Waals surface area contributed by atoms with E-state index in [0.29, 0.717) is 79.4 Å². The number of allylic oxidation sites excluding steroid dienone is 1. The number of carbonyl (C=O) groups excluding carboxylic acids is 4. The van der Waals surface area contributed by atoms with Gasteiger partial charge >= 0.3 is 12.2 Å². The summed E-state index contributed by atoms with van der Waals surface area (Å²) >= 11 is 6.75. The number of fused-ring (bicyclic) bond motifs is 1. The number of benzene rings is 4. The van der Waals surface area contributed by atoms with Gasteiger partial charge in [-0.1, -0.05) is 93.0 Å². The molecule has 0 saturated carbocycles. The molecule has 3 amide bonds. The Hall–Kier alpha value is -5.67. The molecule has 3 aliphatic rings. The van der Waals surface area contributed by atoms with Crippen molar-refractivity contribution < 1.29 is 42.9 Å². The SMILES string of the molecule is COc1cc(NC(=O)OC[C@H]2CCN(C(=O)CCN3CCC(OC(=O)Nc4ccccc4-c4ccccc4)CC3)C2)c(Cl)cc1CCC[C@H](O[Si](C)(C)C(C)(C)C)c1ccc(O)c2c1C=CC(=O)C2. The highest BCUT2D eigenvalue weighted by molar-refractivity contribution is 6.74. The van der Waals surface area contributed by atoms with Gasteiger partial charge in [0.2, 0.25) is 5.91 Å². The predicted molar refractivity (Wildman–Crippen MR) is 274 cm³/mol. The minimum atomic E-state index is -2.24. The number of para-hydroxylation sites is 1. The van der Waals surface area contributed by atoms with Gasteiger partial charge in [0.15, 0.2) is 14.1 Å². The molecule has 0 aromatic heterocycles. The van der Waals surface area contributed by atoms with Gasteiger partial charge in [0.1, 0.15) is 17.6 Å². The number of nitrogens with zero attached hydrogens (tertiary/aromatic N) is 2. The van der Waals surface area contributed by atoms with Crippen LogP contribution in [0.2, 0.25) is 23.2 Å². The number of amides is 3. The zero-order chi connectivity index (χ0) is 49.3. The van der Waals surface area contributed by atoms with E-state index < -0.39 is 20.5 Å². The summed E-state index contributed by atoms with van der Waals surface area (Å²) in [7, 11) is -0.660. The minimum Gasteiger partial charge on any atom is -0.508 e.